The Morgan fingerprint density at radius 3 is 2.27 bits per heavy atom. The molecular formula is C22H26N2O6. The number of esters is 1. The van der Waals surface area contributed by atoms with E-state index in [1.54, 1.807) is 30.3 Å². The zero-order valence-electron chi connectivity index (χ0n) is 17.6. The Morgan fingerprint density at radius 2 is 1.60 bits per heavy atom. The largest absolute Gasteiger partial charge is 0.493 e. The van der Waals surface area contributed by atoms with Gasteiger partial charge in [-0.3, -0.25) is 4.79 Å². The Kier molecular flexibility index (Phi) is 8.68. The maximum Gasteiger partial charge on any atom is 0.343 e. The van der Waals surface area contributed by atoms with Crippen molar-refractivity contribution in [2.45, 2.75) is 26.2 Å². The Hall–Kier alpha value is -3.55. The van der Waals surface area contributed by atoms with Gasteiger partial charge in [0.25, 0.3) is 0 Å². The van der Waals surface area contributed by atoms with Crippen LogP contribution < -0.4 is 24.4 Å². The summed E-state index contributed by atoms with van der Waals surface area (Å²) < 4.78 is 21.2. The maximum atomic E-state index is 12.5. The van der Waals surface area contributed by atoms with Crippen molar-refractivity contribution in [1.29, 1.82) is 0 Å². The second-order valence-electron chi connectivity index (χ2n) is 6.27. The fourth-order valence-corrected chi connectivity index (χ4v) is 2.54. The highest BCUT2D eigenvalue weighted by Gasteiger charge is 2.15. The smallest absolute Gasteiger partial charge is 0.343 e. The lowest BCUT2D eigenvalue weighted by Gasteiger charge is -2.11. The average molecular weight is 414 g/mol. The number of methoxy groups -OCH3 is 3. The van der Waals surface area contributed by atoms with Gasteiger partial charge in [0.05, 0.1) is 33.1 Å². The van der Waals surface area contributed by atoms with Crippen LogP contribution in [0.5, 0.6) is 23.0 Å². The number of hydrogen-bond acceptors (Lipinski definition) is 7. The van der Waals surface area contributed by atoms with Crippen LogP contribution in [0.1, 0.15) is 42.1 Å². The van der Waals surface area contributed by atoms with Crippen molar-refractivity contribution in [2.24, 2.45) is 5.10 Å². The highest BCUT2D eigenvalue weighted by Crippen LogP contribution is 2.31. The number of rotatable bonds is 10. The van der Waals surface area contributed by atoms with Crippen molar-refractivity contribution in [3.05, 3.63) is 47.5 Å². The lowest BCUT2D eigenvalue weighted by atomic mass is 10.2. The lowest BCUT2D eigenvalue weighted by molar-refractivity contribution is -0.121. The number of nitrogens with one attached hydrogen (secondary N) is 1. The first-order chi connectivity index (χ1) is 14.5. The molecule has 30 heavy (non-hydrogen) atoms. The standard InChI is InChI=1S/C22H26N2O6/c1-5-6-7-21(25)24-23-14-15-8-10-18(19(12-15)28-3)30-22(26)16-9-11-17(27-2)20(13-16)29-4/h8-14H,5-7H2,1-4H3,(H,24,25)/b23-14-. The van der Waals surface area contributed by atoms with Crippen molar-refractivity contribution in [1.82, 2.24) is 5.43 Å². The molecule has 0 bridgehead atoms. The van der Waals surface area contributed by atoms with E-state index in [0.717, 1.165) is 12.8 Å². The number of nitrogens with zero attached hydrogens (tertiary/aromatic N) is 1. The number of carbonyl (C=O) groups excluding carboxylic acids is 2. The summed E-state index contributed by atoms with van der Waals surface area (Å²) in [5.74, 6) is 0.828. The summed E-state index contributed by atoms with van der Waals surface area (Å²) in [6, 6.07) is 9.69. The lowest BCUT2D eigenvalue weighted by Crippen LogP contribution is -2.16. The third-order valence-corrected chi connectivity index (χ3v) is 4.17. The van der Waals surface area contributed by atoms with Crippen molar-refractivity contribution in [3.8, 4) is 23.0 Å². The summed E-state index contributed by atoms with van der Waals surface area (Å²) in [5.41, 5.74) is 3.45. The van der Waals surface area contributed by atoms with Gasteiger partial charge in [-0.1, -0.05) is 13.3 Å². The third-order valence-electron chi connectivity index (χ3n) is 4.17. The van der Waals surface area contributed by atoms with Gasteiger partial charge in [-0.2, -0.15) is 5.10 Å². The number of carbonyl (C=O) groups is 2. The number of unbranched alkanes of at least 4 members (excludes halogenated alkanes) is 1. The Labute approximate surface area is 175 Å². The molecule has 0 spiro atoms. The normalized spacial score (nSPS) is 10.5. The van der Waals surface area contributed by atoms with Crippen LogP contribution in [0, 0.1) is 0 Å². The molecule has 160 valence electrons. The van der Waals surface area contributed by atoms with Crippen LogP contribution in [-0.2, 0) is 4.79 Å². The quantitative estimate of drug-likeness (QED) is 0.276. The van der Waals surface area contributed by atoms with Gasteiger partial charge in [-0.15, -0.1) is 0 Å². The number of ether oxygens (including phenoxy) is 4. The topological polar surface area (TPSA) is 95.5 Å². The minimum Gasteiger partial charge on any atom is -0.493 e. The molecule has 0 saturated carbocycles. The summed E-state index contributed by atoms with van der Waals surface area (Å²) in [6.45, 7) is 2.02. The van der Waals surface area contributed by atoms with Gasteiger partial charge in [0, 0.05) is 6.42 Å². The summed E-state index contributed by atoms with van der Waals surface area (Å²) in [6.07, 6.45) is 3.68. The van der Waals surface area contributed by atoms with Gasteiger partial charge in [0.15, 0.2) is 23.0 Å². The highest BCUT2D eigenvalue weighted by molar-refractivity contribution is 5.92. The summed E-state index contributed by atoms with van der Waals surface area (Å²) in [4.78, 5) is 24.1. The molecule has 0 saturated heterocycles. The van der Waals surface area contributed by atoms with E-state index < -0.39 is 5.97 Å². The fraction of sp³-hybridized carbons (Fsp3) is 0.318. The van der Waals surface area contributed by atoms with E-state index in [4.69, 9.17) is 18.9 Å². The fourth-order valence-electron chi connectivity index (χ4n) is 2.54. The Balaban J connectivity index is 2.09. The first-order valence-corrected chi connectivity index (χ1v) is 9.46. The van der Waals surface area contributed by atoms with Crippen LogP contribution in [-0.4, -0.2) is 39.4 Å². The number of benzene rings is 2. The Bertz CT molecular complexity index is 910. The number of amides is 1. The van der Waals surface area contributed by atoms with Gasteiger partial charge < -0.3 is 18.9 Å². The van der Waals surface area contributed by atoms with Crippen LogP contribution in [0.2, 0.25) is 0 Å². The molecule has 0 aliphatic carbocycles. The van der Waals surface area contributed by atoms with Gasteiger partial charge in [0.1, 0.15) is 0 Å². The molecule has 8 nitrogen and oxygen atoms in total. The van der Waals surface area contributed by atoms with Gasteiger partial charge in [0.2, 0.25) is 5.91 Å². The number of hydrazone groups is 1. The maximum absolute atomic E-state index is 12.5. The molecule has 0 fully saturated rings. The van der Waals surface area contributed by atoms with E-state index in [1.165, 1.54) is 33.6 Å². The van der Waals surface area contributed by atoms with Crippen molar-refractivity contribution >= 4 is 18.1 Å². The molecule has 0 heterocycles. The molecule has 1 N–H and O–H groups in total. The van der Waals surface area contributed by atoms with Crippen LogP contribution in [0.4, 0.5) is 0 Å². The van der Waals surface area contributed by atoms with Gasteiger partial charge in [-0.05, 0) is 48.4 Å². The molecule has 0 aromatic heterocycles. The van der Waals surface area contributed by atoms with Crippen molar-refractivity contribution in [3.63, 3.8) is 0 Å². The van der Waals surface area contributed by atoms with Crippen LogP contribution >= 0.6 is 0 Å². The van der Waals surface area contributed by atoms with Crippen molar-refractivity contribution < 1.29 is 28.5 Å². The highest BCUT2D eigenvalue weighted by atomic mass is 16.6. The summed E-state index contributed by atoms with van der Waals surface area (Å²) in [7, 11) is 4.47. The first-order valence-electron chi connectivity index (χ1n) is 9.46. The zero-order valence-corrected chi connectivity index (χ0v) is 17.6. The monoisotopic (exact) mass is 414 g/mol. The SMILES string of the molecule is CCCCC(=O)N/N=C\c1ccc(OC(=O)c2ccc(OC)c(OC)c2)c(OC)c1. The first kappa shape index (κ1) is 22.7. The predicted molar refractivity (Wildman–Crippen MR) is 113 cm³/mol. The minimum absolute atomic E-state index is 0.138. The van der Waals surface area contributed by atoms with Gasteiger partial charge >= 0.3 is 5.97 Å². The number of hydrogen-bond donors (Lipinski definition) is 1. The molecule has 0 aliphatic heterocycles. The molecular weight excluding hydrogens is 388 g/mol. The molecule has 0 aliphatic rings. The van der Waals surface area contributed by atoms with E-state index in [1.807, 2.05) is 6.92 Å². The molecule has 2 rings (SSSR count). The van der Waals surface area contributed by atoms with E-state index in [-0.39, 0.29) is 11.7 Å². The van der Waals surface area contributed by atoms with E-state index in [9.17, 15) is 9.59 Å². The molecule has 2 aromatic carbocycles. The van der Waals surface area contributed by atoms with Crippen molar-refractivity contribution in [2.75, 3.05) is 21.3 Å². The zero-order chi connectivity index (χ0) is 21.9. The van der Waals surface area contributed by atoms with E-state index in [0.29, 0.717) is 34.8 Å². The average Bonchev–Trinajstić information content (AvgIpc) is 2.77. The molecule has 8 heteroatoms. The summed E-state index contributed by atoms with van der Waals surface area (Å²) in [5, 5.41) is 3.93. The van der Waals surface area contributed by atoms with Crippen LogP contribution in [0.15, 0.2) is 41.5 Å². The second kappa shape index (κ2) is 11.5. The predicted octanol–water partition coefficient (Wildman–Crippen LogP) is 3.57. The van der Waals surface area contributed by atoms with Gasteiger partial charge in [-0.25, -0.2) is 10.2 Å². The molecule has 2 aromatic rings. The van der Waals surface area contributed by atoms with E-state index >= 15 is 0 Å². The minimum atomic E-state index is -0.571. The second-order valence-corrected chi connectivity index (χ2v) is 6.27. The summed E-state index contributed by atoms with van der Waals surface area (Å²) >= 11 is 0. The molecule has 0 radical (unpaired) electrons. The molecule has 0 atom stereocenters. The Morgan fingerprint density at radius 1 is 0.933 bits per heavy atom. The van der Waals surface area contributed by atoms with E-state index in [2.05, 4.69) is 10.5 Å². The molecule has 1 amide bonds. The third kappa shape index (κ3) is 6.23. The van der Waals surface area contributed by atoms with Crippen LogP contribution in [0.3, 0.4) is 0 Å². The van der Waals surface area contributed by atoms with Crippen LogP contribution in [0.25, 0.3) is 0 Å². The molecule has 0 unspecified atom stereocenters.